The van der Waals surface area contributed by atoms with Crippen molar-refractivity contribution in [1.29, 1.82) is 0 Å². The van der Waals surface area contributed by atoms with Gasteiger partial charge in [0.05, 0.1) is 16.9 Å². The van der Waals surface area contributed by atoms with E-state index in [9.17, 15) is 8.78 Å². The molecule has 0 N–H and O–H groups in total. The third-order valence-electron chi connectivity index (χ3n) is 7.39. The van der Waals surface area contributed by atoms with Gasteiger partial charge in [0.1, 0.15) is 17.3 Å². The molecule has 0 saturated heterocycles. The van der Waals surface area contributed by atoms with E-state index in [1.807, 2.05) is 33.8 Å². The van der Waals surface area contributed by atoms with Gasteiger partial charge in [-0.1, -0.05) is 63.3 Å². The van der Waals surface area contributed by atoms with E-state index in [1.54, 1.807) is 24.4 Å². The average Bonchev–Trinajstić information content (AvgIpc) is 3.00. The molecule has 0 atom stereocenters. The molecule has 2 aromatic rings. The Kier molecular flexibility index (Phi) is 17.1. The van der Waals surface area contributed by atoms with Gasteiger partial charge in [0, 0.05) is 29.6 Å². The number of hydrogen-bond donors (Lipinski definition) is 0. The second-order valence-corrected chi connectivity index (χ2v) is 12.3. The summed E-state index contributed by atoms with van der Waals surface area (Å²) in [5, 5.41) is 0. The van der Waals surface area contributed by atoms with Crippen molar-refractivity contribution in [3.05, 3.63) is 118 Å². The fourth-order valence-electron chi connectivity index (χ4n) is 4.58. The molecule has 1 aromatic carbocycles. The molecule has 0 amide bonds. The molecule has 0 aliphatic carbocycles. The van der Waals surface area contributed by atoms with Crippen LogP contribution in [0.5, 0.6) is 0 Å². The summed E-state index contributed by atoms with van der Waals surface area (Å²) in [6.07, 6.45) is 11.7. The standard InChI is InChI=1S/C32H47FN4.C8H8F2/c1-13-17-26(19-22(5)6)31-28(33)20-27(21-34-31)24(9)35-30(23(7)8)29(18-14-2)37(16-4)25(10)36-32(11,12)15-3;1-2-6-3-4-7(9)8(10)5-6/h13,17-21H,1,14-16H2,2-12H3;3-5H,2H2,1H3/b26-17+,29-18?,35-24?,36-25?;. The van der Waals surface area contributed by atoms with Gasteiger partial charge in [-0.25, -0.2) is 13.2 Å². The van der Waals surface area contributed by atoms with E-state index in [-0.39, 0.29) is 11.4 Å². The lowest BCUT2D eigenvalue weighted by atomic mass is 10.0. The van der Waals surface area contributed by atoms with Crippen molar-refractivity contribution in [1.82, 2.24) is 9.88 Å². The zero-order chi connectivity index (χ0) is 35.9. The van der Waals surface area contributed by atoms with Crippen molar-refractivity contribution >= 4 is 17.1 Å². The predicted octanol–water partition coefficient (Wildman–Crippen LogP) is 11.6. The van der Waals surface area contributed by atoms with Gasteiger partial charge in [0.25, 0.3) is 0 Å². The number of allylic oxidation sites excluding steroid dienone is 7. The summed E-state index contributed by atoms with van der Waals surface area (Å²) >= 11 is 0. The van der Waals surface area contributed by atoms with Crippen LogP contribution in [0.2, 0.25) is 0 Å². The highest BCUT2D eigenvalue weighted by Crippen LogP contribution is 2.26. The number of likely N-dealkylation sites (N-methyl/N-ethyl adjacent to an activating group) is 1. The van der Waals surface area contributed by atoms with E-state index in [1.165, 1.54) is 12.1 Å². The molecule has 1 aromatic heterocycles. The summed E-state index contributed by atoms with van der Waals surface area (Å²) < 4.78 is 39.9. The van der Waals surface area contributed by atoms with Gasteiger partial charge in [-0.15, -0.1) is 0 Å². The first kappa shape index (κ1) is 41.0. The van der Waals surface area contributed by atoms with Gasteiger partial charge in [-0.3, -0.25) is 15.0 Å². The molecule has 0 radical (unpaired) electrons. The molecule has 7 heteroatoms. The zero-order valence-electron chi connectivity index (χ0n) is 30.7. The highest BCUT2D eigenvalue weighted by atomic mass is 19.2. The highest BCUT2D eigenvalue weighted by molar-refractivity contribution is 5.99. The number of aromatic nitrogens is 1. The topological polar surface area (TPSA) is 40.9 Å². The Morgan fingerprint density at radius 3 is 2.06 bits per heavy atom. The SMILES string of the molecule is C=C/C=C(\C=C(C)C)c1ncc(C(C)=NC(C(=CCC)N(CC)C(C)=NC(C)(C)CC)=C(C)C)cc1F.CCc1ccc(F)c(F)c1. The van der Waals surface area contributed by atoms with E-state index < -0.39 is 11.6 Å². The smallest absolute Gasteiger partial charge is 0.159 e. The maximum atomic E-state index is 15.2. The summed E-state index contributed by atoms with van der Waals surface area (Å²) in [6.45, 7) is 29.1. The number of pyridine rings is 1. The molecule has 0 aliphatic heterocycles. The highest BCUT2D eigenvalue weighted by Gasteiger charge is 2.20. The summed E-state index contributed by atoms with van der Waals surface area (Å²) in [6, 6.07) is 5.46. The van der Waals surface area contributed by atoms with Crippen molar-refractivity contribution in [3.8, 4) is 0 Å². The van der Waals surface area contributed by atoms with Gasteiger partial charge in [-0.2, -0.15) is 0 Å². The minimum Gasteiger partial charge on any atom is -0.329 e. The Balaban J connectivity index is 0.000000933. The largest absolute Gasteiger partial charge is 0.329 e. The van der Waals surface area contributed by atoms with Crippen molar-refractivity contribution in [2.75, 3.05) is 6.54 Å². The molecule has 0 saturated carbocycles. The lowest BCUT2D eigenvalue weighted by Crippen LogP contribution is -2.32. The number of aryl methyl sites for hydroxylation is 1. The number of hydrogen-bond acceptors (Lipinski definition) is 3. The van der Waals surface area contributed by atoms with Crippen LogP contribution in [-0.4, -0.2) is 33.5 Å². The predicted molar refractivity (Wildman–Crippen MR) is 196 cm³/mol. The number of aliphatic imine (C=N–C) groups is 2. The lowest BCUT2D eigenvalue weighted by molar-refractivity contribution is 0.475. The second kappa shape index (κ2) is 19.6. The zero-order valence-corrected chi connectivity index (χ0v) is 30.7. The fraction of sp³-hybridized carbons (Fsp3) is 0.425. The number of halogens is 3. The molecule has 0 spiro atoms. The van der Waals surface area contributed by atoms with Crippen LogP contribution < -0.4 is 0 Å². The maximum absolute atomic E-state index is 15.2. The van der Waals surface area contributed by atoms with E-state index in [2.05, 4.69) is 77.9 Å². The first-order valence-electron chi connectivity index (χ1n) is 16.4. The van der Waals surface area contributed by atoms with Gasteiger partial charge in [0.2, 0.25) is 0 Å². The third-order valence-corrected chi connectivity index (χ3v) is 7.39. The quantitative estimate of drug-likeness (QED) is 0.131. The van der Waals surface area contributed by atoms with Crippen LogP contribution in [0.1, 0.15) is 113 Å². The van der Waals surface area contributed by atoms with Crippen LogP contribution in [0, 0.1) is 17.5 Å². The Hall–Kier alpha value is -4.00. The Labute approximate surface area is 282 Å². The molecule has 47 heavy (non-hydrogen) atoms. The number of amidine groups is 1. The second-order valence-electron chi connectivity index (χ2n) is 12.3. The summed E-state index contributed by atoms with van der Waals surface area (Å²) in [7, 11) is 0. The van der Waals surface area contributed by atoms with Crippen molar-refractivity contribution < 1.29 is 13.2 Å². The molecule has 2 rings (SSSR count). The normalized spacial score (nSPS) is 12.7. The van der Waals surface area contributed by atoms with Crippen molar-refractivity contribution in [2.24, 2.45) is 9.98 Å². The minimum absolute atomic E-state index is 0.144. The van der Waals surface area contributed by atoms with Gasteiger partial charge in [-0.05, 0) is 111 Å². The molecule has 0 fully saturated rings. The van der Waals surface area contributed by atoms with E-state index in [4.69, 9.17) is 9.98 Å². The Morgan fingerprint density at radius 2 is 1.60 bits per heavy atom. The van der Waals surface area contributed by atoms with Gasteiger partial charge in [0.15, 0.2) is 11.6 Å². The van der Waals surface area contributed by atoms with Crippen LogP contribution in [0.4, 0.5) is 13.2 Å². The number of benzene rings is 1. The van der Waals surface area contributed by atoms with E-state index in [0.717, 1.165) is 65.8 Å². The molecule has 0 aliphatic rings. The first-order valence-corrected chi connectivity index (χ1v) is 16.4. The van der Waals surface area contributed by atoms with Gasteiger partial charge >= 0.3 is 0 Å². The van der Waals surface area contributed by atoms with E-state index >= 15 is 4.39 Å². The molecular formula is C40H55F3N4. The van der Waals surface area contributed by atoms with Crippen LogP contribution in [0.25, 0.3) is 5.57 Å². The summed E-state index contributed by atoms with van der Waals surface area (Å²) in [5.74, 6) is -0.976. The van der Waals surface area contributed by atoms with Crippen LogP contribution in [-0.2, 0) is 6.42 Å². The minimum atomic E-state index is -0.780. The third kappa shape index (κ3) is 13.0. The lowest BCUT2D eigenvalue weighted by Gasteiger charge is -2.30. The van der Waals surface area contributed by atoms with Crippen LogP contribution in [0.15, 0.2) is 93.9 Å². The average molecular weight is 649 g/mol. The Morgan fingerprint density at radius 1 is 0.936 bits per heavy atom. The maximum Gasteiger partial charge on any atom is 0.159 e. The number of nitrogens with zero attached hydrogens (tertiary/aromatic N) is 4. The fourth-order valence-corrected chi connectivity index (χ4v) is 4.58. The molecule has 0 unspecified atom stereocenters. The van der Waals surface area contributed by atoms with Gasteiger partial charge < -0.3 is 4.90 Å². The molecule has 1 heterocycles. The monoisotopic (exact) mass is 648 g/mol. The van der Waals surface area contributed by atoms with E-state index in [0.29, 0.717) is 22.5 Å². The first-order chi connectivity index (χ1) is 22.0. The van der Waals surface area contributed by atoms with Crippen molar-refractivity contribution in [2.45, 2.75) is 108 Å². The van der Waals surface area contributed by atoms with Crippen LogP contribution in [0.3, 0.4) is 0 Å². The summed E-state index contributed by atoms with van der Waals surface area (Å²) in [4.78, 5) is 16.7. The molecular weight excluding hydrogens is 593 g/mol. The molecule has 0 bridgehead atoms. The van der Waals surface area contributed by atoms with Crippen LogP contribution >= 0.6 is 0 Å². The number of rotatable bonds is 12. The van der Waals surface area contributed by atoms with Crippen molar-refractivity contribution in [3.63, 3.8) is 0 Å². The molecule has 4 nitrogen and oxygen atoms in total. The Bertz CT molecular complexity index is 1550. The molecule has 256 valence electrons. The summed E-state index contributed by atoms with van der Waals surface area (Å²) in [5.41, 5.74) is 7.02.